The summed E-state index contributed by atoms with van der Waals surface area (Å²) in [7, 11) is 1.75. The molecule has 0 aromatic rings. The molecule has 0 saturated carbocycles. The van der Waals surface area contributed by atoms with Gasteiger partial charge in [-0.15, -0.1) is 0 Å². The molecule has 2 fully saturated rings. The summed E-state index contributed by atoms with van der Waals surface area (Å²) in [6, 6.07) is 0. The number of rotatable bonds is 7. The highest BCUT2D eigenvalue weighted by atomic mass is 16.5. The predicted molar refractivity (Wildman–Crippen MR) is 75.4 cm³/mol. The smallest absolute Gasteiger partial charge is 0.0587 e. The minimum absolute atomic E-state index is 0.362. The molecule has 0 radical (unpaired) electrons. The zero-order valence-corrected chi connectivity index (χ0v) is 12.5. The summed E-state index contributed by atoms with van der Waals surface area (Å²) in [5.74, 6) is 0. The van der Waals surface area contributed by atoms with Crippen LogP contribution in [-0.2, 0) is 14.2 Å². The Morgan fingerprint density at radius 2 is 2.05 bits per heavy atom. The molecule has 0 bridgehead atoms. The molecule has 2 saturated heterocycles. The fourth-order valence-corrected chi connectivity index (χ4v) is 3.30. The van der Waals surface area contributed by atoms with Gasteiger partial charge >= 0.3 is 0 Å². The molecule has 2 atom stereocenters. The molecule has 19 heavy (non-hydrogen) atoms. The molecule has 0 aromatic heterocycles. The quantitative estimate of drug-likeness (QED) is 0.719. The molecule has 0 amide bonds. The highest BCUT2D eigenvalue weighted by Gasteiger charge is 2.37. The van der Waals surface area contributed by atoms with Crippen molar-refractivity contribution in [2.24, 2.45) is 5.41 Å². The van der Waals surface area contributed by atoms with E-state index in [9.17, 15) is 0 Å². The van der Waals surface area contributed by atoms with Crippen molar-refractivity contribution >= 4 is 0 Å². The molecule has 2 aliphatic rings. The molecule has 0 aliphatic carbocycles. The molecule has 112 valence electrons. The molecule has 2 heterocycles. The zero-order chi connectivity index (χ0) is 13.6. The first-order valence-corrected chi connectivity index (χ1v) is 7.67. The first-order chi connectivity index (χ1) is 9.24. The molecule has 4 heteroatoms. The van der Waals surface area contributed by atoms with Gasteiger partial charge in [0, 0.05) is 33.4 Å². The van der Waals surface area contributed by atoms with Gasteiger partial charge in [-0.3, -0.25) is 0 Å². The molecule has 4 nitrogen and oxygen atoms in total. The molecule has 2 aliphatic heterocycles. The molecule has 2 unspecified atom stereocenters. The third-order valence-electron chi connectivity index (χ3n) is 4.52. The second-order valence-electron chi connectivity index (χ2n) is 6.13. The number of nitrogens with one attached hydrogen (secondary N) is 1. The largest absolute Gasteiger partial charge is 0.383 e. The number of methoxy groups -OCH3 is 1. The van der Waals surface area contributed by atoms with Gasteiger partial charge in [-0.25, -0.2) is 0 Å². The van der Waals surface area contributed by atoms with Crippen molar-refractivity contribution < 1.29 is 14.2 Å². The minimum atomic E-state index is 0.362. The van der Waals surface area contributed by atoms with Crippen molar-refractivity contribution in [1.82, 2.24) is 5.32 Å². The normalized spacial score (nSPS) is 30.6. The van der Waals surface area contributed by atoms with Crippen LogP contribution in [0.3, 0.4) is 0 Å². The van der Waals surface area contributed by atoms with Gasteiger partial charge in [0.15, 0.2) is 0 Å². The maximum Gasteiger partial charge on any atom is 0.0587 e. The summed E-state index contributed by atoms with van der Waals surface area (Å²) in [6.07, 6.45) is 6.83. The number of ether oxygens (including phenoxy) is 3. The predicted octanol–water partition coefficient (Wildman–Crippen LogP) is 1.98. The van der Waals surface area contributed by atoms with E-state index in [2.05, 4.69) is 12.2 Å². The van der Waals surface area contributed by atoms with Gasteiger partial charge in [0.2, 0.25) is 0 Å². The van der Waals surface area contributed by atoms with Gasteiger partial charge in [-0.2, -0.15) is 0 Å². The van der Waals surface area contributed by atoms with E-state index in [-0.39, 0.29) is 0 Å². The van der Waals surface area contributed by atoms with Gasteiger partial charge in [-0.05, 0) is 44.4 Å². The van der Waals surface area contributed by atoms with Crippen molar-refractivity contribution in [1.29, 1.82) is 0 Å². The molecule has 2 rings (SSSR count). The van der Waals surface area contributed by atoms with Crippen LogP contribution in [0, 0.1) is 5.41 Å². The molecule has 0 spiro atoms. The van der Waals surface area contributed by atoms with Crippen LogP contribution in [0.2, 0.25) is 0 Å². The summed E-state index contributed by atoms with van der Waals surface area (Å²) in [5, 5.41) is 3.55. The van der Waals surface area contributed by atoms with E-state index >= 15 is 0 Å². The van der Waals surface area contributed by atoms with E-state index in [1.54, 1.807) is 7.11 Å². The van der Waals surface area contributed by atoms with Crippen LogP contribution in [0.25, 0.3) is 0 Å². The van der Waals surface area contributed by atoms with Crippen molar-refractivity contribution in [3.8, 4) is 0 Å². The topological polar surface area (TPSA) is 39.7 Å². The highest BCUT2D eigenvalue weighted by molar-refractivity contribution is 4.88. The first-order valence-electron chi connectivity index (χ1n) is 7.67. The van der Waals surface area contributed by atoms with Crippen LogP contribution in [-0.4, -0.2) is 52.2 Å². The first kappa shape index (κ1) is 15.2. The Labute approximate surface area is 117 Å². The van der Waals surface area contributed by atoms with Crippen molar-refractivity contribution in [2.45, 2.75) is 51.2 Å². The maximum absolute atomic E-state index is 6.02. The van der Waals surface area contributed by atoms with Gasteiger partial charge in [-0.1, -0.05) is 0 Å². The molecular weight excluding hydrogens is 242 g/mol. The Morgan fingerprint density at radius 1 is 1.26 bits per heavy atom. The van der Waals surface area contributed by atoms with Crippen LogP contribution in [0.1, 0.15) is 39.0 Å². The van der Waals surface area contributed by atoms with Crippen LogP contribution in [0.5, 0.6) is 0 Å². The van der Waals surface area contributed by atoms with Gasteiger partial charge in [0.1, 0.15) is 0 Å². The minimum Gasteiger partial charge on any atom is -0.383 e. The average molecular weight is 271 g/mol. The molecule has 1 N–H and O–H groups in total. The third-order valence-corrected chi connectivity index (χ3v) is 4.52. The van der Waals surface area contributed by atoms with Crippen molar-refractivity contribution in [3.05, 3.63) is 0 Å². The molecule has 0 aromatic carbocycles. The fraction of sp³-hybridized carbons (Fsp3) is 1.00. The van der Waals surface area contributed by atoms with E-state index in [1.165, 1.54) is 19.3 Å². The van der Waals surface area contributed by atoms with Crippen LogP contribution in [0.4, 0.5) is 0 Å². The second-order valence-corrected chi connectivity index (χ2v) is 6.13. The summed E-state index contributed by atoms with van der Waals surface area (Å²) in [4.78, 5) is 0. The average Bonchev–Trinajstić information content (AvgIpc) is 2.81. The Hall–Kier alpha value is -0.160. The lowest BCUT2D eigenvalue weighted by Gasteiger charge is -2.39. The van der Waals surface area contributed by atoms with E-state index in [0.717, 1.165) is 45.8 Å². The summed E-state index contributed by atoms with van der Waals surface area (Å²) < 4.78 is 16.7. The fourth-order valence-electron chi connectivity index (χ4n) is 3.30. The van der Waals surface area contributed by atoms with E-state index < -0.39 is 0 Å². The van der Waals surface area contributed by atoms with Gasteiger partial charge in [0.25, 0.3) is 0 Å². The second kappa shape index (κ2) is 7.58. The third kappa shape index (κ3) is 4.71. The van der Waals surface area contributed by atoms with Crippen LogP contribution >= 0.6 is 0 Å². The van der Waals surface area contributed by atoms with Crippen LogP contribution in [0.15, 0.2) is 0 Å². The lowest BCUT2D eigenvalue weighted by atomic mass is 9.75. The van der Waals surface area contributed by atoms with E-state index in [0.29, 0.717) is 17.6 Å². The summed E-state index contributed by atoms with van der Waals surface area (Å²) in [5.41, 5.74) is 0.362. The highest BCUT2D eigenvalue weighted by Crippen LogP contribution is 2.38. The number of hydrogen-bond acceptors (Lipinski definition) is 4. The number of hydrogen-bond donors (Lipinski definition) is 1. The SMILES string of the molecule is COCCNCC1(CC2CCC(C)O2)CCOCC1. The Balaban J connectivity index is 1.82. The Kier molecular flexibility index (Phi) is 6.07. The van der Waals surface area contributed by atoms with Gasteiger partial charge in [0.05, 0.1) is 18.8 Å². The van der Waals surface area contributed by atoms with Crippen LogP contribution < -0.4 is 5.32 Å². The Bertz CT molecular complexity index is 254. The summed E-state index contributed by atoms with van der Waals surface area (Å²) in [6.45, 7) is 6.76. The summed E-state index contributed by atoms with van der Waals surface area (Å²) >= 11 is 0. The van der Waals surface area contributed by atoms with E-state index in [1.807, 2.05) is 0 Å². The standard InChI is InChI=1S/C15H29NO3/c1-13-3-4-14(19-13)11-15(5-8-18-9-6-15)12-16-7-10-17-2/h13-14,16H,3-12H2,1-2H3. The van der Waals surface area contributed by atoms with E-state index in [4.69, 9.17) is 14.2 Å². The lowest BCUT2D eigenvalue weighted by Crippen LogP contribution is -2.42. The lowest BCUT2D eigenvalue weighted by molar-refractivity contribution is -0.0305. The zero-order valence-electron chi connectivity index (χ0n) is 12.5. The maximum atomic E-state index is 6.02. The molecular formula is C15H29NO3. The Morgan fingerprint density at radius 3 is 2.68 bits per heavy atom. The van der Waals surface area contributed by atoms with Gasteiger partial charge < -0.3 is 19.5 Å². The van der Waals surface area contributed by atoms with Crippen molar-refractivity contribution in [2.75, 3.05) is 40.0 Å². The monoisotopic (exact) mass is 271 g/mol. The van der Waals surface area contributed by atoms with Crippen molar-refractivity contribution in [3.63, 3.8) is 0 Å².